The fourth-order valence-corrected chi connectivity index (χ4v) is 2.10. The highest BCUT2D eigenvalue weighted by Crippen LogP contribution is 2.20. The normalized spacial score (nSPS) is 21.8. The Bertz CT molecular complexity index is 218. The summed E-state index contributed by atoms with van der Waals surface area (Å²) in [6.07, 6.45) is 2.55. The van der Waals surface area contributed by atoms with Crippen LogP contribution in [0.3, 0.4) is 0 Å². The van der Waals surface area contributed by atoms with Gasteiger partial charge in [0.25, 0.3) is 0 Å². The van der Waals surface area contributed by atoms with E-state index in [9.17, 15) is 4.79 Å². The van der Waals surface area contributed by atoms with Crippen molar-refractivity contribution in [2.24, 2.45) is 5.92 Å². The summed E-state index contributed by atoms with van der Waals surface area (Å²) in [5.41, 5.74) is 0. The van der Waals surface area contributed by atoms with Gasteiger partial charge in [-0.05, 0) is 39.2 Å². The van der Waals surface area contributed by atoms with Crippen LogP contribution in [-0.2, 0) is 9.53 Å². The number of hydrogen-bond donors (Lipinski definition) is 1. The van der Waals surface area contributed by atoms with Crippen molar-refractivity contribution >= 4 is 5.97 Å². The molecule has 0 aromatic rings. The molecule has 4 nitrogen and oxygen atoms in total. The van der Waals surface area contributed by atoms with Crippen molar-refractivity contribution < 1.29 is 14.6 Å². The van der Waals surface area contributed by atoms with Gasteiger partial charge in [0.15, 0.2) is 0 Å². The maximum absolute atomic E-state index is 10.5. The Kier molecular flexibility index (Phi) is 5.77. The number of likely N-dealkylation sites (tertiary alicyclic amines) is 1. The van der Waals surface area contributed by atoms with Gasteiger partial charge in [0, 0.05) is 19.5 Å². The van der Waals surface area contributed by atoms with Gasteiger partial charge >= 0.3 is 5.97 Å². The maximum Gasteiger partial charge on any atom is 0.303 e. The standard InChI is InChI=1S/C12H23NO3/c1-10(2)16-8-7-13-6-5-11(9-13)3-4-12(14)15/h10-11H,3-9H2,1-2H3,(H,14,15). The molecule has 0 aliphatic carbocycles. The Labute approximate surface area is 97.6 Å². The van der Waals surface area contributed by atoms with E-state index in [0.717, 1.165) is 39.1 Å². The third kappa shape index (κ3) is 5.47. The van der Waals surface area contributed by atoms with Gasteiger partial charge in [0.05, 0.1) is 12.7 Å². The molecule has 0 saturated carbocycles. The van der Waals surface area contributed by atoms with E-state index in [2.05, 4.69) is 4.90 Å². The molecule has 1 unspecified atom stereocenters. The van der Waals surface area contributed by atoms with Crippen molar-refractivity contribution in [1.29, 1.82) is 0 Å². The van der Waals surface area contributed by atoms with Crippen LogP contribution in [0.4, 0.5) is 0 Å². The van der Waals surface area contributed by atoms with Crippen LogP contribution in [0.25, 0.3) is 0 Å². The second-order valence-corrected chi connectivity index (χ2v) is 4.81. The van der Waals surface area contributed by atoms with E-state index in [-0.39, 0.29) is 0 Å². The van der Waals surface area contributed by atoms with Crippen LogP contribution in [-0.4, -0.2) is 48.3 Å². The highest BCUT2D eigenvalue weighted by atomic mass is 16.5. The Hall–Kier alpha value is -0.610. The second-order valence-electron chi connectivity index (χ2n) is 4.81. The van der Waals surface area contributed by atoms with Gasteiger partial charge in [-0.1, -0.05) is 0 Å². The maximum atomic E-state index is 10.5. The zero-order valence-corrected chi connectivity index (χ0v) is 10.3. The lowest BCUT2D eigenvalue weighted by atomic mass is 10.0. The monoisotopic (exact) mass is 229 g/mol. The van der Waals surface area contributed by atoms with Crippen LogP contribution in [0.2, 0.25) is 0 Å². The molecule has 1 N–H and O–H groups in total. The Morgan fingerprint density at radius 3 is 2.94 bits per heavy atom. The molecule has 1 heterocycles. The fourth-order valence-electron chi connectivity index (χ4n) is 2.10. The summed E-state index contributed by atoms with van der Waals surface area (Å²) in [7, 11) is 0. The number of carboxylic acids is 1. The van der Waals surface area contributed by atoms with Crippen LogP contribution in [0.15, 0.2) is 0 Å². The summed E-state index contributed by atoms with van der Waals surface area (Å²) < 4.78 is 5.50. The van der Waals surface area contributed by atoms with Crippen molar-refractivity contribution in [2.75, 3.05) is 26.2 Å². The first-order valence-corrected chi connectivity index (χ1v) is 6.13. The molecule has 1 aliphatic heterocycles. The topological polar surface area (TPSA) is 49.8 Å². The van der Waals surface area contributed by atoms with Crippen LogP contribution in [0.1, 0.15) is 33.1 Å². The molecule has 0 aromatic carbocycles. The van der Waals surface area contributed by atoms with Crippen LogP contribution in [0.5, 0.6) is 0 Å². The lowest BCUT2D eigenvalue weighted by Gasteiger charge is -2.16. The average Bonchev–Trinajstić information content (AvgIpc) is 2.62. The van der Waals surface area contributed by atoms with Gasteiger partial charge in [-0.25, -0.2) is 0 Å². The average molecular weight is 229 g/mol. The van der Waals surface area contributed by atoms with Crippen molar-refractivity contribution in [3.05, 3.63) is 0 Å². The summed E-state index contributed by atoms with van der Waals surface area (Å²) in [5.74, 6) is -0.114. The predicted octanol–water partition coefficient (Wildman–Crippen LogP) is 1.60. The fraction of sp³-hybridized carbons (Fsp3) is 0.917. The first-order valence-electron chi connectivity index (χ1n) is 6.13. The third-order valence-electron chi connectivity index (χ3n) is 3.00. The summed E-state index contributed by atoms with van der Waals surface area (Å²) in [5, 5.41) is 8.61. The number of nitrogens with zero attached hydrogens (tertiary/aromatic N) is 1. The minimum absolute atomic E-state index is 0.297. The second kappa shape index (κ2) is 6.86. The summed E-state index contributed by atoms with van der Waals surface area (Å²) in [6.45, 7) is 7.96. The lowest BCUT2D eigenvalue weighted by molar-refractivity contribution is -0.137. The van der Waals surface area contributed by atoms with Gasteiger partial charge in [0.1, 0.15) is 0 Å². The smallest absolute Gasteiger partial charge is 0.303 e. The SMILES string of the molecule is CC(C)OCCN1CCC(CCC(=O)O)C1. The molecule has 0 aromatic heterocycles. The molecular weight excluding hydrogens is 206 g/mol. The number of carboxylic acid groups (broad SMARTS) is 1. The zero-order valence-electron chi connectivity index (χ0n) is 10.3. The highest BCUT2D eigenvalue weighted by molar-refractivity contribution is 5.66. The number of hydrogen-bond acceptors (Lipinski definition) is 3. The van der Waals surface area contributed by atoms with Gasteiger partial charge in [-0.15, -0.1) is 0 Å². The lowest BCUT2D eigenvalue weighted by Crippen LogP contribution is -2.26. The molecule has 0 amide bonds. The Balaban J connectivity index is 2.07. The first-order chi connectivity index (χ1) is 7.58. The molecule has 4 heteroatoms. The van der Waals surface area contributed by atoms with Crippen molar-refractivity contribution in [3.63, 3.8) is 0 Å². The van der Waals surface area contributed by atoms with Gasteiger partial charge in [-0.2, -0.15) is 0 Å². The Morgan fingerprint density at radius 2 is 2.31 bits per heavy atom. The molecule has 1 fully saturated rings. The van der Waals surface area contributed by atoms with Gasteiger partial charge in [-0.3, -0.25) is 4.79 Å². The zero-order chi connectivity index (χ0) is 12.0. The molecule has 1 saturated heterocycles. The summed E-state index contributed by atoms with van der Waals surface area (Å²) in [4.78, 5) is 12.8. The molecular formula is C12H23NO3. The van der Waals surface area contributed by atoms with Gasteiger partial charge in [0.2, 0.25) is 0 Å². The van der Waals surface area contributed by atoms with Crippen molar-refractivity contribution in [1.82, 2.24) is 4.90 Å². The summed E-state index contributed by atoms with van der Waals surface area (Å²) >= 11 is 0. The Morgan fingerprint density at radius 1 is 1.56 bits per heavy atom. The van der Waals surface area contributed by atoms with E-state index in [4.69, 9.17) is 9.84 Å². The van der Waals surface area contributed by atoms with Crippen molar-refractivity contribution in [2.45, 2.75) is 39.2 Å². The molecule has 0 bridgehead atoms. The van der Waals surface area contributed by atoms with E-state index < -0.39 is 5.97 Å². The quantitative estimate of drug-likeness (QED) is 0.720. The largest absolute Gasteiger partial charge is 0.481 e. The molecule has 94 valence electrons. The molecule has 0 spiro atoms. The minimum atomic E-state index is -0.679. The van der Waals surface area contributed by atoms with Crippen LogP contribution < -0.4 is 0 Å². The number of rotatable bonds is 7. The molecule has 16 heavy (non-hydrogen) atoms. The number of carbonyl (C=O) groups is 1. The van der Waals surface area contributed by atoms with E-state index in [1.54, 1.807) is 0 Å². The number of ether oxygens (including phenoxy) is 1. The summed E-state index contributed by atoms with van der Waals surface area (Å²) in [6, 6.07) is 0. The first kappa shape index (κ1) is 13.5. The van der Waals surface area contributed by atoms with E-state index >= 15 is 0 Å². The number of aliphatic carboxylic acids is 1. The van der Waals surface area contributed by atoms with E-state index in [1.165, 1.54) is 0 Å². The predicted molar refractivity (Wildman–Crippen MR) is 62.5 cm³/mol. The van der Waals surface area contributed by atoms with Gasteiger partial charge < -0.3 is 14.7 Å². The van der Waals surface area contributed by atoms with Crippen molar-refractivity contribution in [3.8, 4) is 0 Å². The molecule has 0 radical (unpaired) electrons. The molecule has 1 rings (SSSR count). The van der Waals surface area contributed by atoms with Crippen LogP contribution >= 0.6 is 0 Å². The molecule has 1 aliphatic rings. The molecule has 1 atom stereocenters. The minimum Gasteiger partial charge on any atom is -0.481 e. The van der Waals surface area contributed by atoms with E-state index in [1.807, 2.05) is 13.8 Å². The third-order valence-corrected chi connectivity index (χ3v) is 3.00. The highest BCUT2D eigenvalue weighted by Gasteiger charge is 2.22. The van der Waals surface area contributed by atoms with Crippen LogP contribution in [0, 0.1) is 5.92 Å². The van der Waals surface area contributed by atoms with E-state index in [0.29, 0.717) is 18.4 Å².